The van der Waals surface area contributed by atoms with E-state index in [1.807, 2.05) is 13.8 Å². The highest BCUT2D eigenvalue weighted by Crippen LogP contribution is 2.32. The van der Waals surface area contributed by atoms with E-state index in [-0.39, 0.29) is 24.7 Å². The molecule has 0 radical (unpaired) electrons. The fraction of sp³-hybridized carbons (Fsp3) is 0.440. The van der Waals surface area contributed by atoms with Gasteiger partial charge in [-0.15, -0.1) is 0 Å². The number of rotatable bonds is 11. The number of carbonyl (C=O) groups is 2. The molecule has 204 valence electrons. The molecule has 7 nitrogen and oxygen atoms in total. The summed E-state index contributed by atoms with van der Waals surface area (Å²) >= 11 is 6.29. The van der Waals surface area contributed by atoms with Gasteiger partial charge in [0.25, 0.3) is 0 Å². The maximum absolute atomic E-state index is 13.6. The summed E-state index contributed by atoms with van der Waals surface area (Å²) in [5, 5.41) is 3.18. The van der Waals surface area contributed by atoms with E-state index >= 15 is 0 Å². The Bertz CT molecular complexity index is 1210. The topological polar surface area (TPSA) is 86.8 Å². The number of anilines is 1. The average Bonchev–Trinajstić information content (AvgIpc) is 2.82. The molecule has 2 amide bonds. The smallest absolute Gasteiger partial charge is 0.352 e. The van der Waals surface area contributed by atoms with Crippen LogP contribution in [0.15, 0.2) is 48.5 Å². The predicted octanol–water partition coefficient (Wildman–Crippen LogP) is 4.85. The zero-order valence-electron chi connectivity index (χ0n) is 21.0. The van der Waals surface area contributed by atoms with Gasteiger partial charge in [-0.3, -0.25) is 13.9 Å². The van der Waals surface area contributed by atoms with E-state index in [1.165, 1.54) is 11.0 Å². The van der Waals surface area contributed by atoms with Crippen molar-refractivity contribution in [2.24, 2.45) is 0 Å². The summed E-state index contributed by atoms with van der Waals surface area (Å²) in [5.74, 6) is -1.20. The number of hydrogen-bond donors (Lipinski definition) is 1. The summed E-state index contributed by atoms with van der Waals surface area (Å²) in [6, 6.07) is 9.26. The van der Waals surface area contributed by atoms with Crippen LogP contribution in [-0.2, 0) is 32.3 Å². The monoisotopic (exact) mass is 561 g/mol. The minimum atomic E-state index is -4.71. The van der Waals surface area contributed by atoms with E-state index < -0.39 is 46.2 Å². The molecule has 0 bridgehead atoms. The largest absolute Gasteiger partial charge is 0.416 e. The first-order chi connectivity index (χ1) is 17.2. The molecule has 0 aliphatic rings. The molecule has 0 heterocycles. The Kier molecular flexibility index (Phi) is 10.4. The van der Waals surface area contributed by atoms with Crippen molar-refractivity contribution in [2.75, 3.05) is 17.1 Å². The molecule has 1 N–H and O–H groups in total. The van der Waals surface area contributed by atoms with Crippen molar-refractivity contribution in [3.8, 4) is 0 Å². The lowest BCUT2D eigenvalue weighted by atomic mass is 10.1. The van der Waals surface area contributed by atoms with E-state index in [1.54, 1.807) is 31.2 Å². The number of carbonyl (C=O) groups excluding carboxylic acids is 2. The molecule has 12 heteroatoms. The number of hydrogen-bond acceptors (Lipinski definition) is 4. The molecule has 0 saturated heterocycles. The van der Waals surface area contributed by atoms with E-state index in [0.717, 1.165) is 18.4 Å². The van der Waals surface area contributed by atoms with E-state index in [9.17, 15) is 31.2 Å². The number of nitrogens with zero attached hydrogens (tertiary/aromatic N) is 2. The summed E-state index contributed by atoms with van der Waals surface area (Å²) < 4.78 is 65.6. The van der Waals surface area contributed by atoms with Gasteiger partial charge in [0.05, 0.1) is 17.5 Å². The molecular formula is C25H31ClF3N3O4S. The van der Waals surface area contributed by atoms with E-state index in [4.69, 9.17) is 11.6 Å². The molecule has 0 aromatic heterocycles. The minimum Gasteiger partial charge on any atom is -0.352 e. The third-order valence-corrected chi connectivity index (χ3v) is 7.34. The minimum absolute atomic E-state index is 0.106. The second kappa shape index (κ2) is 12.6. The van der Waals surface area contributed by atoms with Crippen LogP contribution >= 0.6 is 11.6 Å². The highest BCUT2D eigenvalue weighted by atomic mass is 35.5. The summed E-state index contributed by atoms with van der Waals surface area (Å²) in [4.78, 5) is 27.9. The molecule has 2 atom stereocenters. The van der Waals surface area contributed by atoms with Crippen LogP contribution in [0.4, 0.5) is 18.9 Å². The van der Waals surface area contributed by atoms with Crippen molar-refractivity contribution < 1.29 is 31.2 Å². The van der Waals surface area contributed by atoms with Crippen molar-refractivity contribution in [3.63, 3.8) is 0 Å². The van der Waals surface area contributed by atoms with E-state index in [2.05, 4.69) is 5.32 Å². The summed E-state index contributed by atoms with van der Waals surface area (Å²) in [6.45, 7) is 4.49. The molecule has 0 aliphatic carbocycles. The fourth-order valence-corrected chi connectivity index (χ4v) is 4.66. The van der Waals surface area contributed by atoms with Gasteiger partial charge in [0, 0.05) is 17.6 Å². The number of benzene rings is 2. The first-order valence-electron chi connectivity index (χ1n) is 11.7. The molecule has 0 fully saturated rings. The van der Waals surface area contributed by atoms with Gasteiger partial charge in [0.2, 0.25) is 21.8 Å². The Balaban J connectivity index is 2.51. The van der Waals surface area contributed by atoms with Gasteiger partial charge in [-0.1, -0.05) is 49.7 Å². The maximum atomic E-state index is 13.6. The van der Waals surface area contributed by atoms with Crippen molar-refractivity contribution >= 4 is 39.1 Å². The Labute approximate surface area is 220 Å². The molecule has 2 aromatic carbocycles. The van der Waals surface area contributed by atoms with Crippen LogP contribution in [0.3, 0.4) is 0 Å². The van der Waals surface area contributed by atoms with Crippen LogP contribution in [0.2, 0.25) is 5.02 Å². The van der Waals surface area contributed by atoms with Crippen molar-refractivity contribution in [2.45, 2.75) is 58.4 Å². The lowest BCUT2D eigenvalue weighted by Crippen LogP contribution is -2.53. The highest BCUT2D eigenvalue weighted by molar-refractivity contribution is 7.92. The standard InChI is InChI=1S/C25H31ClF3N3O4S/c1-5-17(3)30-24(34)22(6-2)31(15-18-10-7-8-13-21(18)26)23(33)16-32(37(4,35)36)20-12-9-11-19(14-20)25(27,28)29/h7-14,17,22H,5-6,15-16H2,1-4H3,(H,30,34)/t17-,22-/m1/s1. The lowest BCUT2D eigenvalue weighted by molar-refractivity contribution is -0.140. The number of alkyl halides is 3. The number of halogens is 4. The van der Waals surface area contributed by atoms with Crippen molar-refractivity contribution in [1.29, 1.82) is 0 Å². The second-order valence-electron chi connectivity index (χ2n) is 8.67. The lowest BCUT2D eigenvalue weighted by Gasteiger charge is -2.33. The zero-order chi connectivity index (χ0) is 28.0. The normalized spacial score (nSPS) is 13.5. The van der Waals surface area contributed by atoms with Gasteiger partial charge in [0.15, 0.2) is 0 Å². The Morgan fingerprint density at radius 3 is 2.24 bits per heavy atom. The molecule has 0 saturated carbocycles. The van der Waals surface area contributed by atoms with Gasteiger partial charge >= 0.3 is 6.18 Å². The van der Waals surface area contributed by atoms with Gasteiger partial charge in [-0.2, -0.15) is 13.2 Å². The Morgan fingerprint density at radius 2 is 1.70 bits per heavy atom. The highest BCUT2D eigenvalue weighted by Gasteiger charge is 2.34. The molecule has 2 rings (SSSR count). The molecule has 0 unspecified atom stereocenters. The quantitative estimate of drug-likeness (QED) is 0.425. The molecular weight excluding hydrogens is 531 g/mol. The predicted molar refractivity (Wildman–Crippen MR) is 138 cm³/mol. The molecule has 0 aliphatic heterocycles. The van der Waals surface area contributed by atoms with Crippen LogP contribution in [0.25, 0.3) is 0 Å². The average molecular weight is 562 g/mol. The number of nitrogens with one attached hydrogen (secondary N) is 1. The third-order valence-electron chi connectivity index (χ3n) is 5.83. The van der Waals surface area contributed by atoms with Gasteiger partial charge in [-0.25, -0.2) is 8.42 Å². The molecule has 0 spiro atoms. The summed E-state index contributed by atoms with van der Waals surface area (Å²) in [5.41, 5.74) is -0.851. The molecule has 37 heavy (non-hydrogen) atoms. The van der Waals surface area contributed by atoms with Crippen LogP contribution in [-0.4, -0.2) is 50.0 Å². The van der Waals surface area contributed by atoms with Gasteiger partial charge in [0.1, 0.15) is 12.6 Å². The first-order valence-corrected chi connectivity index (χ1v) is 13.9. The Hall–Kier alpha value is -2.79. The maximum Gasteiger partial charge on any atom is 0.416 e. The van der Waals surface area contributed by atoms with E-state index in [0.29, 0.717) is 27.4 Å². The van der Waals surface area contributed by atoms with Crippen LogP contribution in [0.5, 0.6) is 0 Å². The Morgan fingerprint density at radius 1 is 1.05 bits per heavy atom. The van der Waals surface area contributed by atoms with Crippen molar-refractivity contribution in [3.05, 3.63) is 64.7 Å². The fourth-order valence-electron chi connectivity index (χ4n) is 3.62. The SMILES string of the molecule is CC[C@@H](C)NC(=O)[C@@H](CC)N(Cc1ccccc1Cl)C(=O)CN(c1cccc(C(F)(F)F)c1)S(C)(=O)=O. The summed E-state index contributed by atoms with van der Waals surface area (Å²) in [7, 11) is -4.17. The number of sulfonamides is 1. The molecule has 2 aromatic rings. The van der Waals surface area contributed by atoms with Crippen LogP contribution < -0.4 is 9.62 Å². The van der Waals surface area contributed by atoms with Gasteiger partial charge < -0.3 is 10.2 Å². The zero-order valence-corrected chi connectivity index (χ0v) is 22.6. The van der Waals surface area contributed by atoms with Crippen LogP contribution in [0.1, 0.15) is 44.7 Å². The summed E-state index contributed by atoms with van der Waals surface area (Å²) in [6.07, 6.45) is -3.05. The second-order valence-corrected chi connectivity index (χ2v) is 11.0. The van der Waals surface area contributed by atoms with Gasteiger partial charge in [-0.05, 0) is 49.6 Å². The number of amides is 2. The first kappa shape index (κ1) is 30.4. The van der Waals surface area contributed by atoms with Crippen LogP contribution in [0, 0.1) is 0 Å². The third kappa shape index (κ3) is 8.36. The van der Waals surface area contributed by atoms with Crippen molar-refractivity contribution in [1.82, 2.24) is 10.2 Å².